The Morgan fingerprint density at radius 1 is 1.26 bits per heavy atom. The fourth-order valence-electron chi connectivity index (χ4n) is 3.74. The first-order chi connectivity index (χ1) is 11.1. The molecule has 1 heterocycles. The number of nitrogens with one attached hydrogen (secondary N) is 1. The van der Waals surface area contributed by atoms with Gasteiger partial charge in [0.05, 0.1) is 12.1 Å². The topological polar surface area (TPSA) is 61.8 Å². The Bertz CT molecular complexity index is 356. The summed E-state index contributed by atoms with van der Waals surface area (Å²) in [4.78, 5) is 14.8. The molecule has 0 aromatic carbocycles. The van der Waals surface area contributed by atoms with E-state index in [1.54, 1.807) is 0 Å². The van der Waals surface area contributed by atoms with Crippen LogP contribution in [0.3, 0.4) is 0 Å². The predicted molar refractivity (Wildman–Crippen MR) is 91.3 cm³/mol. The van der Waals surface area contributed by atoms with Gasteiger partial charge in [-0.05, 0) is 44.9 Å². The van der Waals surface area contributed by atoms with Gasteiger partial charge < -0.3 is 15.2 Å². The molecular weight excluding hydrogens is 292 g/mol. The molecule has 1 aliphatic carbocycles. The van der Waals surface area contributed by atoms with Crippen molar-refractivity contribution in [1.29, 1.82) is 0 Å². The molecule has 3 unspecified atom stereocenters. The molecule has 0 bridgehead atoms. The lowest BCUT2D eigenvalue weighted by atomic mass is 9.86. The largest absolute Gasteiger partial charge is 0.396 e. The number of aliphatic hydroxyl groups is 1. The van der Waals surface area contributed by atoms with Crippen LogP contribution in [-0.2, 0) is 9.53 Å². The van der Waals surface area contributed by atoms with Gasteiger partial charge in [0.15, 0.2) is 0 Å². The molecule has 23 heavy (non-hydrogen) atoms. The highest BCUT2D eigenvalue weighted by Crippen LogP contribution is 2.24. The number of carbonyl (C=O) groups excluding carboxylic acids is 1. The molecule has 134 valence electrons. The lowest BCUT2D eigenvalue weighted by Crippen LogP contribution is -2.52. The van der Waals surface area contributed by atoms with E-state index >= 15 is 0 Å². The molecule has 2 fully saturated rings. The SMILES string of the molecule is CC1CCCCC1NC(=O)C(C)N1CCC(OCCCO)CC1. The molecule has 2 aliphatic rings. The molecule has 0 aromatic heterocycles. The maximum atomic E-state index is 12.5. The smallest absolute Gasteiger partial charge is 0.237 e. The molecule has 0 radical (unpaired) electrons. The van der Waals surface area contributed by atoms with Crippen molar-refractivity contribution in [2.75, 3.05) is 26.3 Å². The number of rotatable bonds is 7. The normalized spacial score (nSPS) is 28.5. The zero-order valence-electron chi connectivity index (χ0n) is 14.8. The van der Waals surface area contributed by atoms with E-state index in [2.05, 4.69) is 17.1 Å². The number of carbonyl (C=O) groups is 1. The third-order valence-electron chi connectivity index (χ3n) is 5.50. The van der Waals surface area contributed by atoms with Crippen molar-refractivity contribution in [3.05, 3.63) is 0 Å². The fourth-order valence-corrected chi connectivity index (χ4v) is 3.74. The quantitative estimate of drug-likeness (QED) is 0.702. The number of ether oxygens (including phenoxy) is 1. The number of nitrogens with zero attached hydrogens (tertiary/aromatic N) is 1. The lowest BCUT2D eigenvalue weighted by molar-refractivity contribution is -0.128. The second-order valence-corrected chi connectivity index (χ2v) is 7.24. The van der Waals surface area contributed by atoms with Gasteiger partial charge in [0.1, 0.15) is 0 Å². The Labute approximate surface area is 140 Å². The number of hydrogen-bond acceptors (Lipinski definition) is 4. The van der Waals surface area contributed by atoms with Crippen LogP contribution in [0.4, 0.5) is 0 Å². The molecule has 1 amide bonds. The number of piperidine rings is 1. The van der Waals surface area contributed by atoms with E-state index in [1.807, 2.05) is 6.92 Å². The van der Waals surface area contributed by atoms with E-state index in [9.17, 15) is 4.79 Å². The van der Waals surface area contributed by atoms with Crippen LogP contribution >= 0.6 is 0 Å². The molecule has 1 saturated carbocycles. The monoisotopic (exact) mass is 326 g/mol. The Morgan fingerprint density at radius 2 is 1.96 bits per heavy atom. The average molecular weight is 326 g/mol. The molecule has 0 spiro atoms. The summed E-state index contributed by atoms with van der Waals surface area (Å²) in [6.45, 7) is 6.93. The van der Waals surface area contributed by atoms with Gasteiger partial charge in [-0.2, -0.15) is 0 Å². The summed E-state index contributed by atoms with van der Waals surface area (Å²) in [7, 11) is 0. The molecule has 1 saturated heterocycles. The lowest BCUT2D eigenvalue weighted by Gasteiger charge is -2.37. The van der Waals surface area contributed by atoms with Gasteiger partial charge in [-0.1, -0.05) is 19.8 Å². The van der Waals surface area contributed by atoms with Crippen molar-refractivity contribution in [1.82, 2.24) is 10.2 Å². The van der Waals surface area contributed by atoms with Crippen LogP contribution < -0.4 is 5.32 Å². The first kappa shape index (κ1) is 18.7. The zero-order valence-corrected chi connectivity index (χ0v) is 14.8. The van der Waals surface area contributed by atoms with Gasteiger partial charge >= 0.3 is 0 Å². The van der Waals surface area contributed by atoms with Gasteiger partial charge in [-0.3, -0.25) is 9.69 Å². The summed E-state index contributed by atoms with van der Waals surface area (Å²) in [5.74, 6) is 0.786. The molecule has 5 nitrogen and oxygen atoms in total. The third kappa shape index (κ3) is 5.73. The summed E-state index contributed by atoms with van der Waals surface area (Å²) in [6.07, 6.45) is 7.83. The summed E-state index contributed by atoms with van der Waals surface area (Å²) in [5, 5.41) is 12.1. The molecule has 1 aliphatic heterocycles. The van der Waals surface area contributed by atoms with Crippen LogP contribution in [0.2, 0.25) is 0 Å². The van der Waals surface area contributed by atoms with Gasteiger partial charge in [0, 0.05) is 32.3 Å². The fraction of sp³-hybridized carbons (Fsp3) is 0.944. The van der Waals surface area contributed by atoms with Gasteiger partial charge in [-0.25, -0.2) is 0 Å². The molecular formula is C18H34N2O3. The molecule has 3 atom stereocenters. The zero-order chi connectivity index (χ0) is 16.7. The van der Waals surface area contributed by atoms with Crippen LogP contribution in [0.1, 0.15) is 58.8 Å². The predicted octanol–water partition coefficient (Wildman–Crippen LogP) is 1.93. The third-order valence-corrected chi connectivity index (χ3v) is 5.50. The minimum absolute atomic E-state index is 0.0532. The maximum absolute atomic E-state index is 12.5. The average Bonchev–Trinajstić information content (AvgIpc) is 2.57. The second kappa shape index (κ2) is 9.60. The first-order valence-corrected chi connectivity index (χ1v) is 9.38. The van der Waals surface area contributed by atoms with Crippen LogP contribution in [0.5, 0.6) is 0 Å². The summed E-state index contributed by atoms with van der Waals surface area (Å²) >= 11 is 0. The minimum Gasteiger partial charge on any atom is -0.396 e. The minimum atomic E-state index is -0.0532. The summed E-state index contributed by atoms with van der Waals surface area (Å²) in [6, 6.07) is 0.306. The van der Waals surface area contributed by atoms with Crippen molar-refractivity contribution in [2.24, 2.45) is 5.92 Å². The summed E-state index contributed by atoms with van der Waals surface area (Å²) in [5.41, 5.74) is 0. The van der Waals surface area contributed by atoms with Crippen LogP contribution in [0.15, 0.2) is 0 Å². The van der Waals surface area contributed by atoms with Gasteiger partial charge in [-0.15, -0.1) is 0 Å². The van der Waals surface area contributed by atoms with E-state index < -0.39 is 0 Å². The van der Waals surface area contributed by atoms with Crippen LogP contribution in [0.25, 0.3) is 0 Å². The van der Waals surface area contributed by atoms with Crippen molar-refractivity contribution in [3.8, 4) is 0 Å². The number of likely N-dealkylation sites (tertiary alicyclic amines) is 1. The van der Waals surface area contributed by atoms with Crippen molar-refractivity contribution < 1.29 is 14.6 Å². The van der Waals surface area contributed by atoms with Crippen LogP contribution in [0, 0.1) is 5.92 Å². The van der Waals surface area contributed by atoms with Crippen LogP contribution in [-0.4, -0.2) is 60.4 Å². The molecule has 0 aromatic rings. The van der Waals surface area contributed by atoms with Crippen molar-refractivity contribution in [3.63, 3.8) is 0 Å². The Balaban J connectivity index is 1.71. The van der Waals surface area contributed by atoms with Gasteiger partial charge in [0.25, 0.3) is 0 Å². The second-order valence-electron chi connectivity index (χ2n) is 7.24. The molecule has 2 N–H and O–H groups in total. The highest BCUT2D eigenvalue weighted by Gasteiger charge is 2.29. The number of hydrogen-bond donors (Lipinski definition) is 2. The van der Waals surface area contributed by atoms with Gasteiger partial charge in [0.2, 0.25) is 5.91 Å². The Morgan fingerprint density at radius 3 is 2.61 bits per heavy atom. The maximum Gasteiger partial charge on any atom is 0.237 e. The standard InChI is InChI=1S/C18H34N2O3/c1-14-6-3-4-7-17(14)19-18(22)15(2)20-10-8-16(9-11-20)23-13-5-12-21/h14-17,21H,3-13H2,1-2H3,(H,19,22). The molecule has 5 heteroatoms. The number of amides is 1. The van der Waals surface area contributed by atoms with E-state index in [-0.39, 0.29) is 24.7 Å². The highest BCUT2D eigenvalue weighted by atomic mass is 16.5. The highest BCUT2D eigenvalue weighted by molar-refractivity contribution is 5.81. The van der Waals surface area contributed by atoms with Crippen molar-refractivity contribution in [2.45, 2.75) is 77.0 Å². The first-order valence-electron chi connectivity index (χ1n) is 9.38. The van der Waals surface area contributed by atoms with Crippen molar-refractivity contribution >= 4 is 5.91 Å². The van der Waals surface area contributed by atoms with E-state index in [0.29, 0.717) is 25.0 Å². The Hall–Kier alpha value is -0.650. The summed E-state index contributed by atoms with van der Waals surface area (Å²) < 4.78 is 5.76. The van der Waals surface area contributed by atoms with E-state index in [1.165, 1.54) is 19.3 Å². The van der Waals surface area contributed by atoms with E-state index in [0.717, 1.165) is 32.4 Å². The number of aliphatic hydroxyl groups excluding tert-OH is 1. The Kier molecular flexibility index (Phi) is 7.80. The van der Waals surface area contributed by atoms with E-state index in [4.69, 9.17) is 9.84 Å². The molecule has 2 rings (SSSR count).